The molecule has 1 N–H and O–H groups in total. The zero-order chi connectivity index (χ0) is 19.8. The van der Waals surface area contributed by atoms with Gasteiger partial charge in [0.25, 0.3) is 0 Å². The summed E-state index contributed by atoms with van der Waals surface area (Å²) in [6, 6.07) is 14.4. The number of likely N-dealkylation sites (N-methyl/N-ethyl adjacent to an activating group) is 1. The highest BCUT2D eigenvalue weighted by Gasteiger charge is 2.19. The third kappa shape index (κ3) is 5.24. The number of nitrogens with one attached hydrogen (secondary N) is 1. The molecule has 0 fully saturated rings. The van der Waals surface area contributed by atoms with Gasteiger partial charge < -0.3 is 5.32 Å². The van der Waals surface area contributed by atoms with Gasteiger partial charge in [-0.3, -0.25) is 14.7 Å². The molecular weight excluding hydrogens is 368 g/mol. The van der Waals surface area contributed by atoms with Crippen LogP contribution < -0.4 is 5.32 Å². The molecule has 0 bridgehead atoms. The average molecular weight is 395 g/mol. The first-order chi connectivity index (χ1) is 13.7. The Kier molecular flexibility index (Phi) is 7.28. The number of hydrogen-bond donors (Lipinski definition) is 1. The first-order valence-electron chi connectivity index (χ1n) is 9.61. The van der Waals surface area contributed by atoms with Crippen molar-refractivity contribution in [3.63, 3.8) is 0 Å². The molecule has 146 valence electrons. The quantitative estimate of drug-likeness (QED) is 0.597. The number of thiazole rings is 1. The van der Waals surface area contributed by atoms with Crippen LogP contribution in [0.4, 0.5) is 0 Å². The highest BCUT2D eigenvalue weighted by Crippen LogP contribution is 2.23. The van der Waals surface area contributed by atoms with E-state index < -0.39 is 0 Å². The summed E-state index contributed by atoms with van der Waals surface area (Å²) >= 11 is 1.54. The van der Waals surface area contributed by atoms with E-state index in [2.05, 4.69) is 46.2 Å². The van der Waals surface area contributed by atoms with Crippen LogP contribution in [0.3, 0.4) is 0 Å². The molecule has 0 saturated carbocycles. The fourth-order valence-corrected chi connectivity index (χ4v) is 4.06. The number of carbonyl (C=O) groups excluding carboxylic acids is 1. The van der Waals surface area contributed by atoms with Gasteiger partial charge in [0.1, 0.15) is 5.01 Å². The molecule has 3 rings (SSSR count). The second-order valence-corrected chi connectivity index (χ2v) is 7.37. The average Bonchev–Trinajstić information content (AvgIpc) is 3.21. The summed E-state index contributed by atoms with van der Waals surface area (Å²) < 4.78 is 0. The molecule has 1 aromatic carbocycles. The van der Waals surface area contributed by atoms with Gasteiger partial charge in [-0.05, 0) is 30.8 Å². The van der Waals surface area contributed by atoms with E-state index in [1.54, 1.807) is 12.4 Å². The standard InChI is InChI=1S/C22H26N4OS/c1-3-26(4-2)20(17-9-6-5-7-10-17)15-24-21(27)13-19-16-28-22(25-19)18-11-8-12-23-14-18/h5-12,14,16,20H,3-4,13,15H2,1-2H3,(H,24,27). The van der Waals surface area contributed by atoms with Crippen molar-refractivity contribution in [2.75, 3.05) is 19.6 Å². The summed E-state index contributed by atoms with van der Waals surface area (Å²) in [6.07, 6.45) is 3.82. The van der Waals surface area contributed by atoms with Crippen LogP contribution in [0.1, 0.15) is 31.1 Å². The smallest absolute Gasteiger partial charge is 0.226 e. The van der Waals surface area contributed by atoms with E-state index in [4.69, 9.17) is 0 Å². The van der Waals surface area contributed by atoms with Crippen molar-refractivity contribution < 1.29 is 4.79 Å². The molecule has 2 heterocycles. The third-order valence-corrected chi connectivity index (χ3v) is 5.67. The molecular formula is C22H26N4OS. The topological polar surface area (TPSA) is 58.1 Å². The molecule has 0 saturated heterocycles. The van der Waals surface area contributed by atoms with Crippen molar-refractivity contribution in [2.24, 2.45) is 0 Å². The molecule has 1 unspecified atom stereocenters. The maximum atomic E-state index is 12.5. The number of pyridine rings is 1. The minimum absolute atomic E-state index is 0.00359. The Hall–Kier alpha value is -2.57. The van der Waals surface area contributed by atoms with Crippen LogP contribution in [-0.4, -0.2) is 40.4 Å². The molecule has 6 heteroatoms. The Bertz CT molecular complexity index is 863. The highest BCUT2D eigenvalue weighted by atomic mass is 32.1. The normalized spacial score (nSPS) is 12.1. The number of nitrogens with zero attached hydrogens (tertiary/aromatic N) is 3. The maximum absolute atomic E-state index is 12.5. The van der Waals surface area contributed by atoms with Gasteiger partial charge in [-0.25, -0.2) is 4.98 Å². The zero-order valence-electron chi connectivity index (χ0n) is 16.3. The summed E-state index contributed by atoms with van der Waals surface area (Å²) in [6.45, 7) is 6.76. The lowest BCUT2D eigenvalue weighted by atomic mass is 10.0. The van der Waals surface area contributed by atoms with Crippen LogP contribution >= 0.6 is 11.3 Å². The minimum Gasteiger partial charge on any atom is -0.354 e. The molecule has 0 spiro atoms. The van der Waals surface area contributed by atoms with E-state index in [0.29, 0.717) is 6.54 Å². The van der Waals surface area contributed by atoms with Crippen LogP contribution in [-0.2, 0) is 11.2 Å². The Morgan fingerprint density at radius 2 is 1.93 bits per heavy atom. The van der Waals surface area contributed by atoms with Gasteiger partial charge in [-0.1, -0.05) is 44.2 Å². The predicted molar refractivity (Wildman–Crippen MR) is 114 cm³/mol. The van der Waals surface area contributed by atoms with Gasteiger partial charge in [0.15, 0.2) is 0 Å². The van der Waals surface area contributed by atoms with Gasteiger partial charge in [0.05, 0.1) is 18.2 Å². The van der Waals surface area contributed by atoms with Gasteiger partial charge in [-0.2, -0.15) is 0 Å². The SMILES string of the molecule is CCN(CC)C(CNC(=O)Cc1csc(-c2cccnc2)n1)c1ccccc1. The molecule has 3 aromatic rings. The Morgan fingerprint density at radius 3 is 2.61 bits per heavy atom. The third-order valence-electron chi connectivity index (χ3n) is 4.73. The molecule has 0 aliphatic carbocycles. The van der Waals surface area contributed by atoms with E-state index in [1.165, 1.54) is 16.9 Å². The van der Waals surface area contributed by atoms with Crippen LogP contribution in [0.15, 0.2) is 60.2 Å². The van der Waals surface area contributed by atoms with Crippen LogP contribution in [0.5, 0.6) is 0 Å². The predicted octanol–water partition coefficient (Wildman–Crippen LogP) is 3.95. The van der Waals surface area contributed by atoms with E-state index in [-0.39, 0.29) is 18.4 Å². The fraction of sp³-hybridized carbons (Fsp3) is 0.318. The van der Waals surface area contributed by atoms with Crippen molar-refractivity contribution in [1.29, 1.82) is 0 Å². The zero-order valence-corrected chi connectivity index (χ0v) is 17.2. The number of benzene rings is 1. The number of carbonyl (C=O) groups is 1. The Labute approximate surface area is 170 Å². The molecule has 0 aliphatic rings. The van der Waals surface area contributed by atoms with E-state index >= 15 is 0 Å². The van der Waals surface area contributed by atoms with Gasteiger partial charge in [-0.15, -0.1) is 11.3 Å². The van der Waals surface area contributed by atoms with E-state index in [0.717, 1.165) is 29.4 Å². The van der Waals surface area contributed by atoms with Crippen LogP contribution in [0.2, 0.25) is 0 Å². The molecule has 2 aromatic heterocycles. The lowest BCUT2D eigenvalue weighted by Crippen LogP contribution is -2.38. The van der Waals surface area contributed by atoms with Crippen molar-refractivity contribution >= 4 is 17.2 Å². The molecule has 5 nitrogen and oxygen atoms in total. The van der Waals surface area contributed by atoms with E-state index in [9.17, 15) is 4.79 Å². The second kappa shape index (κ2) is 10.1. The van der Waals surface area contributed by atoms with Gasteiger partial charge in [0.2, 0.25) is 5.91 Å². The van der Waals surface area contributed by atoms with Gasteiger partial charge in [0, 0.05) is 29.9 Å². The summed E-state index contributed by atoms with van der Waals surface area (Å²) in [7, 11) is 0. The molecule has 28 heavy (non-hydrogen) atoms. The fourth-order valence-electron chi connectivity index (χ4n) is 3.24. The second-order valence-electron chi connectivity index (χ2n) is 6.51. The van der Waals surface area contributed by atoms with Crippen molar-refractivity contribution in [3.8, 4) is 10.6 Å². The van der Waals surface area contributed by atoms with E-state index in [1.807, 2.05) is 35.7 Å². The van der Waals surface area contributed by atoms with Crippen molar-refractivity contribution in [1.82, 2.24) is 20.2 Å². The number of amides is 1. The first kappa shape index (κ1) is 20.2. The van der Waals surface area contributed by atoms with Crippen molar-refractivity contribution in [2.45, 2.75) is 26.3 Å². The van der Waals surface area contributed by atoms with Crippen LogP contribution in [0, 0.1) is 0 Å². The Balaban J connectivity index is 1.61. The number of rotatable bonds is 9. The van der Waals surface area contributed by atoms with Crippen LogP contribution in [0.25, 0.3) is 10.6 Å². The summed E-state index contributed by atoms with van der Waals surface area (Å²) in [5, 5.41) is 5.93. The molecule has 0 radical (unpaired) electrons. The summed E-state index contributed by atoms with van der Waals surface area (Å²) in [5.41, 5.74) is 2.99. The maximum Gasteiger partial charge on any atom is 0.226 e. The lowest BCUT2D eigenvalue weighted by Gasteiger charge is -2.30. The monoisotopic (exact) mass is 394 g/mol. The largest absolute Gasteiger partial charge is 0.354 e. The molecule has 1 amide bonds. The first-order valence-corrected chi connectivity index (χ1v) is 10.5. The summed E-state index contributed by atoms with van der Waals surface area (Å²) in [4.78, 5) is 23.6. The minimum atomic E-state index is -0.00359. The Morgan fingerprint density at radius 1 is 1.14 bits per heavy atom. The lowest BCUT2D eigenvalue weighted by molar-refractivity contribution is -0.120. The number of aromatic nitrogens is 2. The highest BCUT2D eigenvalue weighted by molar-refractivity contribution is 7.13. The summed E-state index contributed by atoms with van der Waals surface area (Å²) in [5.74, 6) is -0.00359. The number of hydrogen-bond acceptors (Lipinski definition) is 5. The van der Waals surface area contributed by atoms with Gasteiger partial charge >= 0.3 is 0 Å². The molecule has 0 aliphatic heterocycles. The van der Waals surface area contributed by atoms with Crippen molar-refractivity contribution in [3.05, 3.63) is 71.5 Å². The molecule has 1 atom stereocenters.